The van der Waals surface area contributed by atoms with Crippen LogP contribution in [-0.4, -0.2) is 6.61 Å². The minimum absolute atomic E-state index is 0.413. The minimum atomic E-state index is 0.413. The number of hydrogen-bond donors (Lipinski definition) is 2. The molecular weight excluding hydrogens is 104 g/mol. The highest BCUT2D eigenvalue weighted by Crippen LogP contribution is 2.08. The molecule has 0 aromatic carbocycles. The molecule has 0 amide bonds. The lowest BCUT2D eigenvalue weighted by atomic mass is 10.2. The normalized spacial score (nSPS) is 20.5. The predicted molar refractivity (Wildman–Crippen MR) is 30.6 cm³/mol. The van der Waals surface area contributed by atoms with Gasteiger partial charge in [-0.3, -0.25) is 0 Å². The van der Waals surface area contributed by atoms with E-state index in [1.54, 1.807) is 0 Å². The van der Waals surface area contributed by atoms with E-state index < -0.39 is 0 Å². The largest absolute Gasteiger partial charge is 0.478 e. The van der Waals surface area contributed by atoms with Gasteiger partial charge in [-0.1, -0.05) is 0 Å². The minimum Gasteiger partial charge on any atom is -0.478 e. The van der Waals surface area contributed by atoms with Crippen molar-refractivity contribution in [3.63, 3.8) is 0 Å². The molecule has 0 unspecified atom stereocenters. The van der Waals surface area contributed by atoms with Gasteiger partial charge in [0.05, 0.1) is 12.3 Å². The van der Waals surface area contributed by atoms with E-state index in [9.17, 15) is 0 Å². The zero-order valence-electron chi connectivity index (χ0n) is 4.68. The smallest absolute Gasteiger partial charge is 0.203 e. The predicted octanol–water partition coefficient (Wildman–Crippen LogP) is -0.117. The van der Waals surface area contributed by atoms with E-state index >= 15 is 0 Å². The molecule has 3 heteroatoms. The zero-order chi connectivity index (χ0) is 5.98. The first-order chi connectivity index (χ1) is 3.80. The summed E-state index contributed by atoms with van der Waals surface area (Å²) < 4.78 is 4.92. The van der Waals surface area contributed by atoms with Crippen LogP contribution in [0.5, 0.6) is 0 Å². The quantitative estimate of drug-likeness (QED) is 0.461. The van der Waals surface area contributed by atoms with Gasteiger partial charge < -0.3 is 16.2 Å². The van der Waals surface area contributed by atoms with Gasteiger partial charge in [0.2, 0.25) is 5.88 Å². The third-order valence-corrected chi connectivity index (χ3v) is 1.16. The number of rotatable bonds is 0. The molecule has 0 saturated carbocycles. The van der Waals surface area contributed by atoms with Gasteiger partial charge in [-0.15, -0.1) is 0 Å². The van der Waals surface area contributed by atoms with E-state index in [1.165, 1.54) is 0 Å². The average Bonchev–Trinajstić information content (AvgIpc) is 1.77. The van der Waals surface area contributed by atoms with E-state index in [4.69, 9.17) is 16.2 Å². The van der Waals surface area contributed by atoms with Crippen molar-refractivity contribution in [3.8, 4) is 0 Å². The monoisotopic (exact) mass is 114 g/mol. The Bertz CT molecular complexity index is 106. The molecule has 0 atom stereocenters. The van der Waals surface area contributed by atoms with Crippen LogP contribution in [0.2, 0.25) is 0 Å². The van der Waals surface area contributed by atoms with Crippen LogP contribution in [0.4, 0.5) is 0 Å². The van der Waals surface area contributed by atoms with Gasteiger partial charge in [0.25, 0.3) is 0 Å². The van der Waals surface area contributed by atoms with E-state index in [-0.39, 0.29) is 0 Å². The van der Waals surface area contributed by atoms with E-state index in [0.717, 1.165) is 12.8 Å². The Morgan fingerprint density at radius 1 is 1.38 bits per heavy atom. The molecule has 0 saturated heterocycles. The molecule has 0 bridgehead atoms. The molecule has 1 heterocycles. The van der Waals surface area contributed by atoms with Crippen LogP contribution in [0.15, 0.2) is 11.6 Å². The molecular formula is C5H10N2O. The first-order valence-electron chi connectivity index (χ1n) is 2.67. The fraction of sp³-hybridized carbons (Fsp3) is 0.600. The fourth-order valence-electron chi connectivity index (χ4n) is 0.661. The molecule has 0 aromatic rings. The van der Waals surface area contributed by atoms with Crippen LogP contribution >= 0.6 is 0 Å². The molecule has 8 heavy (non-hydrogen) atoms. The van der Waals surface area contributed by atoms with Gasteiger partial charge in [0.15, 0.2) is 0 Å². The third-order valence-electron chi connectivity index (χ3n) is 1.16. The van der Waals surface area contributed by atoms with Crippen molar-refractivity contribution in [2.24, 2.45) is 11.5 Å². The summed E-state index contributed by atoms with van der Waals surface area (Å²) in [6, 6.07) is 0. The molecule has 46 valence electrons. The highest BCUT2D eigenvalue weighted by Gasteiger charge is 2.05. The topological polar surface area (TPSA) is 61.3 Å². The lowest BCUT2D eigenvalue weighted by molar-refractivity contribution is 0.184. The molecule has 1 aliphatic heterocycles. The molecule has 4 N–H and O–H groups in total. The van der Waals surface area contributed by atoms with Gasteiger partial charge in [-0.05, 0) is 12.8 Å². The van der Waals surface area contributed by atoms with Crippen molar-refractivity contribution in [1.82, 2.24) is 0 Å². The zero-order valence-corrected chi connectivity index (χ0v) is 4.68. The van der Waals surface area contributed by atoms with Crippen molar-refractivity contribution in [2.45, 2.75) is 12.8 Å². The second-order valence-corrected chi connectivity index (χ2v) is 1.84. The van der Waals surface area contributed by atoms with Crippen LogP contribution < -0.4 is 11.5 Å². The highest BCUT2D eigenvalue weighted by atomic mass is 16.5. The Balaban J connectivity index is 2.60. The van der Waals surface area contributed by atoms with Gasteiger partial charge in [-0.25, -0.2) is 0 Å². The second kappa shape index (κ2) is 1.94. The standard InChI is InChI=1S/C5H10N2O/c6-4-2-1-3-8-5(4)7/h1-3,6-7H2. The third kappa shape index (κ3) is 0.857. The van der Waals surface area contributed by atoms with Gasteiger partial charge >= 0.3 is 0 Å². The number of nitrogens with two attached hydrogens (primary N) is 2. The summed E-state index contributed by atoms with van der Waals surface area (Å²) in [7, 11) is 0. The molecule has 0 fully saturated rings. The van der Waals surface area contributed by atoms with Crippen molar-refractivity contribution >= 4 is 0 Å². The van der Waals surface area contributed by atoms with Crippen LogP contribution in [0.3, 0.4) is 0 Å². The Morgan fingerprint density at radius 2 is 2.12 bits per heavy atom. The second-order valence-electron chi connectivity index (χ2n) is 1.84. The lowest BCUT2D eigenvalue weighted by Gasteiger charge is -2.13. The van der Waals surface area contributed by atoms with E-state index in [1.807, 2.05) is 0 Å². The Kier molecular flexibility index (Phi) is 1.28. The van der Waals surface area contributed by atoms with Crippen molar-refractivity contribution in [1.29, 1.82) is 0 Å². The summed E-state index contributed by atoms with van der Waals surface area (Å²) >= 11 is 0. The molecule has 0 spiro atoms. The number of ether oxygens (including phenoxy) is 1. The summed E-state index contributed by atoms with van der Waals surface area (Å²) in [6.07, 6.45) is 1.87. The first kappa shape index (κ1) is 5.28. The van der Waals surface area contributed by atoms with E-state index in [2.05, 4.69) is 0 Å². The van der Waals surface area contributed by atoms with Gasteiger partial charge in [0, 0.05) is 0 Å². The average molecular weight is 114 g/mol. The maximum Gasteiger partial charge on any atom is 0.203 e. The van der Waals surface area contributed by atoms with Gasteiger partial charge in [0.1, 0.15) is 0 Å². The Labute approximate surface area is 48.3 Å². The van der Waals surface area contributed by atoms with E-state index in [0.29, 0.717) is 18.2 Å². The Hall–Kier alpha value is -0.860. The van der Waals surface area contributed by atoms with Crippen LogP contribution in [0.25, 0.3) is 0 Å². The number of hydrogen-bond acceptors (Lipinski definition) is 3. The first-order valence-corrected chi connectivity index (χ1v) is 2.67. The van der Waals surface area contributed by atoms with Crippen LogP contribution in [0, 0.1) is 0 Å². The maximum absolute atomic E-state index is 5.41. The molecule has 3 nitrogen and oxygen atoms in total. The van der Waals surface area contributed by atoms with Gasteiger partial charge in [-0.2, -0.15) is 0 Å². The molecule has 0 radical (unpaired) electrons. The number of allylic oxidation sites excluding steroid dienone is 1. The summed E-state index contributed by atoms with van der Waals surface area (Å²) in [4.78, 5) is 0. The summed E-state index contributed by atoms with van der Waals surface area (Å²) in [5.74, 6) is 0.413. The summed E-state index contributed by atoms with van der Waals surface area (Å²) in [5, 5.41) is 0. The van der Waals surface area contributed by atoms with Crippen molar-refractivity contribution in [2.75, 3.05) is 6.61 Å². The molecule has 1 rings (SSSR count). The molecule has 0 aliphatic carbocycles. The summed E-state index contributed by atoms with van der Waals surface area (Å²) in [5.41, 5.74) is 11.4. The van der Waals surface area contributed by atoms with Crippen molar-refractivity contribution in [3.05, 3.63) is 11.6 Å². The Morgan fingerprint density at radius 3 is 2.50 bits per heavy atom. The lowest BCUT2D eigenvalue weighted by Crippen LogP contribution is -2.17. The summed E-state index contributed by atoms with van der Waals surface area (Å²) in [6.45, 7) is 0.715. The molecule has 0 aromatic heterocycles. The van der Waals surface area contributed by atoms with Crippen LogP contribution in [0.1, 0.15) is 12.8 Å². The molecule has 1 aliphatic rings. The van der Waals surface area contributed by atoms with Crippen molar-refractivity contribution < 1.29 is 4.74 Å². The SMILES string of the molecule is NC1=C(N)OCCC1. The maximum atomic E-state index is 5.41. The fourth-order valence-corrected chi connectivity index (χ4v) is 0.661. The highest BCUT2D eigenvalue weighted by molar-refractivity contribution is 5.02. The van der Waals surface area contributed by atoms with Crippen LogP contribution in [-0.2, 0) is 4.74 Å².